The minimum absolute atomic E-state index is 0.0305. The molecule has 26 nitrogen and oxygen atoms in total. The first-order chi connectivity index (χ1) is 30.1. The van der Waals surface area contributed by atoms with Gasteiger partial charge in [-0.1, -0.05) is 13.8 Å². The van der Waals surface area contributed by atoms with Gasteiger partial charge in [-0.2, -0.15) is 0 Å². The average molecular weight is 909 g/mol. The lowest BCUT2D eigenvalue weighted by Crippen LogP contribution is -2.59. The standard InChI is InChI=1S/C38H68N16O10/c1-20(2)16-28(36(63)64)54-35(62)26(10-7-15-47-38(43)44)53-34(61)25(9-6-14-46-37(41)42)52-33(60)24(8-4-5-13-39)50-30(57)21(3)49-32(59)27(11-12-29(55)56)51-31(58)23(40)17-22-18-45-19-48-22/h18-21,23-28H,4-17,39-40H2,1-3H3,(H,45,48)(H,49,59)(H,50,57)(H,51,58)(H,52,60)(H,53,61)(H,54,62)(H,55,56)(H,63,64)(H4,41,42,46)(H4,43,44,47)/t21-,23-,24-,25-,26-,27-,28-/m0/s1. The SMILES string of the molecule is CC(C)C[C@H](NC(=O)[C@H](CCCN=C(N)N)NC(=O)[C@H](CCCN=C(N)N)NC(=O)[C@H](CCCCN)NC(=O)[C@H](C)NC(=O)[C@H](CCC(=O)O)NC(=O)[C@@H](N)Cc1cnc[nH]1)C(=O)O. The van der Waals surface area contributed by atoms with Gasteiger partial charge in [0.15, 0.2) is 11.9 Å². The molecule has 0 bridgehead atoms. The van der Waals surface area contributed by atoms with Crippen molar-refractivity contribution in [3.63, 3.8) is 0 Å². The van der Waals surface area contributed by atoms with Gasteiger partial charge in [0.05, 0.1) is 12.4 Å². The second kappa shape index (κ2) is 29.7. The van der Waals surface area contributed by atoms with Crippen LogP contribution in [0, 0.1) is 5.92 Å². The Morgan fingerprint density at radius 2 is 1.09 bits per heavy atom. The maximum absolute atomic E-state index is 14.0. The van der Waals surface area contributed by atoms with Gasteiger partial charge >= 0.3 is 11.9 Å². The number of aliphatic imine (C=N–C) groups is 2. The van der Waals surface area contributed by atoms with Crippen LogP contribution < -0.4 is 66.3 Å². The Balaban J connectivity index is 3.33. The minimum Gasteiger partial charge on any atom is -0.481 e. The number of nitrogens with zero attached hydrogens (tertiary/aromatic N) is 3. The molecule has 1 aromatic rings. The van der Waals surface area contributed by atoms with Gasteiger partial charge in [-0.25, -0.2) is 9.78 Å². The lowest BCUT2D eigenvalue weighted by Gasteiger charge is -2.27. The fraction of sp³-hybridized carbons (Fsp3) is 0.658. The number of hydrogen-bond acceptors (Lipinski definition) is 13. The summed E-state index contributed by atoms with van der Waals surface area (Å²) in [4.78, 5) is 119. The molecule has 0 aliphatic heterocycles. The Labute approximate surface area is 371 Å². The number of carboxylic acid groups (broad SMARTS) is 2. The number of aromatic nitrogens is 2. The second-order valence-electron chi connectivity index (χ2n) is 15.5. The third-order valence-electron chi connectivity index (χ3n) is 9.42. The van der Waals surface area contributed by atoms with Crippen molar-refractivity contribution in [1.82, 2.24) is 41.9 Å². The van der Waals surface area contributed by atoms with E-state index in [-0.39, 0.29) is 88.8 Å². The normalized spacial score (nSPS) is 14.2. The van der Waals surface area contributed by atoms with Crippen molar-refractivity contribution in [3.8, 4) is 0 Å². The van der Waals surface area contributed by atoms with Crippen LogP contribution in [0.2, 0.25) is 0 Å². The molecule has 0 spiro atoms. The Kier molecular flexibility index (Phi) is 25.7. The Morgan fingerprint density at radius 3 is 1.53 bits per heavy atom. The molecule has 1 heterocycles. The number of imidazole rings is 1. The van der Waals surface area contributed by atoms with Gasteiger partial charge in [0.25, 0.3) is 0 Å². The molecule has 1 aromatic heterocycles. The number of H-pyrrole nitrogens is 1. The van der Waals surface area contributed by atoms with Crippen LogP contribution in [0.4, 0.5) is 0 Å². The van der Waals surface area contributed by atoms with Crippen LogP contribution in [-0.2, 0) is 44.8 Å². The number of aromatic amines is 1. The molecule has 64 heavy (non-hydrogen) atoms. The first-order valence-corrected chi connectivity index (χ1v) is 20.9. The highest BCUT2D eigenvalue weighted by molar-refractivity contribution is 5.97. The molecular weight excluding hydrogens is 841 g/mol. The van der Waals surface area contributed by atoms with Gasteiger partial charge in [-0.3, -0.25) is 43.5 Å². The fourth-order valence-electron chi connectivity index (χ4n) is 6.03. The Bertz CT molecular complexity index is 1730. The van der Waals surface area contributed by atoms with Crippen LogP contribution in [-0.4, -0.2) is 141 Å². The number of aliphatic carboxylic acids is 2. The van der Waals surface area contributed by atoms with E-state index in [0.717, 1.165) is 0 Å². The quantitative estimate of drug-likeness (QED) is 0.0184. The molecule has 6 amide bonds. The third kappa shape index (κ3) is 23.0. The third-order valence-corrected chi connectivity index (χ3v) is 9.42. The molecular formula is C38H68N16O10. The Morgan fingerprint density at radius 1 is 0.641 bits per heavy atom. The number of nitrogens with two attached hydrogens (primary N) is 6. The van der Waals surface area contributed by atoms with Crippen LogP contribution >= 0.6 is 0 Å². The molecule has 0 saturated carbocycles. The highest BCUT2D eigenvalue weighted by atomic mass is 16.4. The summed E-state index contributed by atoms with van der Waals surface area (Å²) in [5, 5.41) is 34.2. The lowest BCUT2D eigenvalue weighted by atomic mass is 10.0. The number of carboxylic acids is 2. The number of amides is 6. The van der Waals surface area contributed by atoms with E-state index in [4.69, 9.17) is 34.4 Å². The van der Waals surface area contributed by atoms with Crippen molar-refractivity contribution in [1.29, 1.82) is 0 Å². The van der Waals surface area contributed by atoms with Gasteiger partial charge in [0.1, 0.15) is 36.3 Å². The number of rotatable bonds is 32. The van der Waals surface area contributed by atoms with E-state index in [0.29, 0.717) is 18.5 Å². The zero-order valence-corrected chi connectivity index (χ0v) is 36.6. The summed E-state index contributed by atoms with van der Waals surface area (Å²) in [5.41, 5.74) is 34.0. The number of nitrogens with one attached hydrogen (secondary N) is 7. The van der Waals surface area contributed by atoms with E-state index < -0.39 is 96.1 Å². The summed E-state index contributed by atoms with van der Waals surface area (Å²) in [5.74, 6) is -8.01. The predicted molar refractivity (Wildman–Crippen MR) is 234 cm³/mol. The number of unbranched alkanes of at least 4 members (excludes halogenated alkanes) is 1. The molecule has 0 aliphatic rings. The van der Waals surface area contributed by atoms with Crippen LogP contribution in [0.25, 0.3) is 0 Å². The number of carbonyl (C=O) groups is 8. The van der Waals surface area contributed by atoms with Crippen molar-refractivity contribution in [2.75, 3.05) is 19.6 Å². The van der Waals surface area contributed by atoms with Crippen molar-refractivity contribution in [3.05, 3.63) is 18.2 Å². The maximum Gasteiger partial charge on any atom is 0.326 e. The Hall–Kier alpha value is -6.57. The van der Waals surface area contributed by atoms with E-state index in [2.05, 4.69) is 51.9 Å². The molecule has 1 rings (SSSR count). The number of hydrogen-bond donors (Lipinski definition) is 15. The largest absolute Gasteiger partial charge is 0.481 e. The van der Waals surface area contributed by atoms with Crippen molar-refractivity contribution in [2.24, 2.45) is 50.3 Å². The van der Waals surface area contributed by atoms with Crippen LogP contribution in [0.3, 0.4) is 0 Å². The van der Waals surface area contributed by atoms with E-state index >= 15 is 0 Å². The lowest BCUT2D eigenvalue weighted by molar-refractivity contribution is -0.143. The van der Waals surface area contributed by atoms with Crippen LogP contribution in [0.1, 0.15) is 90.7 Å². The van der Waals surface area contributed by atoms with Crippen molar-refractivity contribution >= 4 is 59.3 Å². The van der Waals surface area contributed by atoms with E-state index in [1.165, 1.54) is 19.4 Å². The van der Waals surface area contributed by atoms with Gasteiger partial charge in [0.2, 0.25) is 35.4 Å². The summed E-state index contributed by atoms with van der Waals surface area (Å²) >= 11 is 0. The monoisotopic (exact) mass is 909 g/mol. The first kappa shape index (κ1) is 55.4. The van der Waals surface area contributed by atoms with Crippen molar-refractivity contribution < 1.29 is 48.6 Å². The molecule has 0 aromatic carbocycles. The van der Waals surface area contributed by atoms with E-state index in [1.807, 2.05) is 0 Å². The van der Waals surface area contributed by atoms with Crippen LogP contribution in [0.15, 0.2) is 22.5 Å². The van der Waals surface area contributed by atoms with E-state index in [9.17, 15) is 48.6 Å². The zero-order chi connectivity index (χ0) is 48.4. The summed E-state index contributed by atoms with van der Waals surface area (Å²) in [6.45, 7) is 5.25. The molecule has 21 N–H and O–H groups in total. The maximum atomic E-state index is 14.0. The second-order valence-corrected chi connectivity index (χ2v) is 15.5. The van der Waals surface area contributed by atoms with E-state index in [1.54, 1.807) is 13.8 Å². The molecule has 0 radical (unpaired) electrons. The zero-order valence-electron chi connectivity index (χ0n) is 36.6. The predicted octanol–water partition coefficient (Wildman–Crippen LogP) is -4.56. The summed E-state index contributed by atoms with van der Waals surface area (Å²) < 4.78 is 0. The van der Waals surface area contributed by atoms with Crippen LogP contribution in [0.5, 0.6) is 0 Å². The first-order valence-electron chi connectivity index (χ1n) is 20.9. The minimum atomic E-state index is -1.41. The van der Waals surface area contributed by atoms with Gasteiger partial charge in [-0.05, 0) is 77.2 Å². The highest BCUT2D eigenvalue weighted by Crippen LogP contribution is 2.10. The number of carbonyl (C=O) groups excluding carboxylic acids is 6. The smallest absolute Gasteiger partial charge is 0.326 e. The van der Waals surface area contributed by atoms with Crippen molar-refractivity contribution in [2.45, 2.75) is 134 Å². The van der Waals surface area contributed by atoms with Gasteiger partial charge < -0.3 is 81.5 Å². The molecule has 0 fully saturated rings. The summed E-state index contributed by atoms with van der Waals surface area (Å²) in [7, 11) is 0. The van der Waals surface area contributed by atoms with Gasteiger partial charge in [0, 0.05) is 37.8 Å². The molecule has 0 aliphatic carbocycles. The average Bonchev–Trinajstić information content (AvgIpc) is 3.73. The fourth-order valence-corrected chi connectivity index (χ4v) is 6.03. The summed E-state index contributed by atoms with van der Waals surface area (Å²) in [6, 6.07) is -9.07. The topological polar surface area (TPSA) is 459 Å². The molecule has 360 valence electrons. The van der Waals surface area contributed by atoms with Gasteiger partial charge in [-0.15, -0.1) is 0 Å². The molecule has 0 saturated heterocycles. The molecule has 7 atom stereocenters. The summed E-state index contributed by atoms with van der Waals surface area (Å²) in [6.07, 6.45) is 3.22. The number of guanidine groups is 2. The molecule has 0 unspecified atom stereocenters. The molecule has 26 heteroatoms. The highest BCUT2D eigenvalue weighted by Gasteiger charge is 2.33.